The van der Waals surface area contributed by atoms with Crippen LogP contribution in [0.3, 0.4) is 0 Å². The summed E-state index contributed by atoms with van der Waals surface area (Å²) in [5.41, 5.74) is 0. The fraction of sp³-hybridized carbons (Fsp3) is 0.667. The number of rotatable bonds is 6. The third-order valence-electron chi connectivity index (χ3n) is 2.09. The first-order valence-corrected chi connectivity index (χ1v) is 4.74. The van der Waals surface area contributed by atoms with E-state index in [1.165, 1.54) is 0 Å². The van der Waals surface area contributed by atoms with Gasteiger partial charge in [-0.3, -0.25) is 0 Å². The van der Waals surface area contributed by atoms with Crippen LogP contribution in [0, 0.1) is 0 Å². The molecule has 1 rings (SSSR count). The molecule has 86 valence electrons. The van der Waals surface area contributed by atoms with Crippen LogP contribution in [0.2, 0.25) is 0 Å². The van der Waals surface area contributed by atoms with E-state index in [4.69, 9.17) is 5.11 Å². The number of hydrogen-bond acceptors (Lipinski definition) is 3. The molecule has 0 fully saturated rings. The second-order valence-corrected chi connectivity index (χ2v) is 3.31. The Balaban J connectivity index is 2.15. The number of hydrogen-bond donors (Lipinski definition) is 2. The van der Waals surface area contributed by atoms with E-state index in [9.17, 15) is 8.78 Å². The molecule has 1 aromatic heterocycles. The van der Waals surface area contributed by atoms with Gasteiger partial charge in [-0.15, -0.1) is 0 Å². The molecular weight excluding hydrogens is 204 g/mol. The quantitative estimate of drug-likeness (QED) is 0.671. The molecule has 0 aliphatic rings. The van der Waals surface area contributed by atoms with E-state index in [1.807, 2.05) is 17.8 Å². The van der Waals surface area contributed by atoms with Crippen LogP contribution in [0.15, 0.2) is 12.4 Å². The van der Waals surface area contributed by atoms with Gasteiger partial charge in [0.1, 0.15) is 11.9 Å². The van der Waals surface area contributed by atoms with E-state index < -0.39 is 12.5 Å². The van der Waals surface area contributed by atoms with Gasteiger partial charge < -0.3 is 15.0 Å². The van der Waals surface area contributed by atoms with E-state index in [0.29, 0.717) is 13.0 Å². The number of aliphatic hydroxyl groups excluding tert-OH is 1. The van der Waals surface area contributed by atoms with Crippen LogP contribution < -0.4 is 5.32 Å². The van der Waals surface area contributed by atoms with E-state index >= 15 is 0 Å². The largest absolute Gasteiger partial charge is 0.386 e. The van der Waals surface area contributed by atoms with Gasteiger partial charge in [0.05, 0.1) is 0 Å². The number of nitrogens with one attached hydrogen (secondary N) is 1. The number of alkyl halides is 2. The maximum Gasteiger partial charge on any atom is 0.265 e. The summed E-state index contributed by atoms with van der Waals surface area (Å²) in [5, 5.41) is 11.6. The number of aliphatic hydroxyl groups is 1. The summed E-state index contributed by atoms with van der Waals surface area (Å²) < 4.78 is 25.6. The van der Waals surface area contributed by atoms with Gasteiger partial charge in [0.25, 0.3) is 6.43 Å². The van der Waals surface area contributed by atoms with E-state index in [1.54, 1.807) is 6.20 Å². The van der Waals surface area contributed by atoms with Crippen molar-refractivity contribution in [2.24, 2.45) is 7.05 Å². The van der Waals surface area contributed by atoms with Crippen molar-refractivity contribution in [1.82, 2.24) is 14.9 Å². The van der Waals surface area contributed by atoms with Gasteiger partial charge in [0.15, 0.2) is 0 Å². The van der Waals surface area contributed by atoms with Crippen molar-refractivity contribution in [2.45, 2.75) is 19.0 Å². The van der Waals surface area contributed by atoms with Crippen LogP contribution in [-0.2, 0) is 13.5 Å². The lowest BCUT2D eigenvalue weighted by molar-refractivity contribution is -0.00310. The molecule has 1 heterocycles. The standard InChI is InChI=1S/C9H15F2N3O/c1-14-5-4-13-8(14)2-3-12-6-7(15)9(10)11/h4-5,7,9,12,15H,2-3,6H2,1H3. The zero-order valence-electron chi connectivity index (χ0n) is 8.53. The fourth-order valence-corrected chi connectivity index (χ4v) is 1.18. The van der Waals surface area contributed by atoms with Crippen LogP contribution >= 0.6 is 0 Å². The number of imidazole rings is 1. The van der Waals surface area contributed by atoms with Crippen LogP contribution in [-0.4, -0.2) is 40.3 Å². The molecule has 0 saturated heterocycles. The molecule has 0 saturated carbocycles. The first-order valence-electron chi connectivity index (χ1n) is 4.74. The molecule has 0 aromatic carbocycles. The number of nitrogens with zero attached hydrogens (tertiary/aromatic N) is 2. The second kappa shape index (κ2) is 5.77. The first kappa shape index (κ1) is 12.1. The molecule has 4 nitrogen and oxygen atoms in total. The van der Waals surface area contributed by atoms with Crippen molar-refractivity contribution >= 4 is 0 Å². The summed E-state index contributed by atoms with van der Waals surface area (Å²) in [6, 6.07) is 0. The molecule has 0 radical (unpaired) electrons. The highest BCUT2D eigenvalue weighted by Gasteiger charge is 2.15. The van der Waals surface area contributed by atoms with Crippen molar-refractivity contribution in [1.29, 1.82) is 0 Å². The molecule has 0 aliphatic carbocycles. The average Bonchev–Trinajstić information content (AvgIpc) is 2.58. The highest BCUT2D eigenvalue weighted by Crippen LogP contribution is 1.99. The maximum atomic E-state index is 11.9. The van der Waals surface area contributed by atoms with Crippen LogP contribution in [0.1, 0.15) is 5.82 Å². The molecule has 1 aromatic rings. The number of halogens is 2. The second-order valence-electron chi connectivity index (χ2n) is 3.31. The van der Waals surface area contributed by atoms with Gasteiger partial charge in [-0.05, 0) is 0 Å². The summed E-state index contributed by atoms with van der Waals surface area (Å²) >= 11 is 0. The van der Waals surface area contributed by atoms with Gasteiger partial charge in [-0.1, -0.05) is 0 Å². The Morgan fingerprint density at radius 2 is 2.33 bits per heavy atom. The van der Waals surface area contributed by atoms with Crippen molar-refractivity contribution in [2.75, 3.05) is 13.1 Å². The minimum absolute atomic E-state index is 0.0951. The Hall–Kier alpha value is -1.01. The fourth-order valence-electron chi connectivity index (χ4n) is 1.18. The summed E-state index contributed by atoms with van der Waals surface area (Å²) in [7, 11) is 1.87. The van der Waals surface area contributed by atoms with Crippen LogP contribution in [0.4, 0.5) is 8.78 Å². The highest BCUT2D eigenvalue weighted by molar-refractivity contribution is 4.91. The van der Waals surface area contributed by atoms with Gasteiger partial charge in [0.2, 0.25) is 0 Å². The normalized spacial score (nSPS) is 13.4. The van der Waals surface area contributed by atoms with Gasteiger partial charge in [-0.25, -0.2) is 13.8 Å². The summed E-state index contributed by atoms with van der Waals surface area (Å²) in [5.74, 6) is 0.883. The smallest absolute Gasteiger partial charge is 0.265 e. The SMILES string of the molecule is Cn1ccnc1CCNCC(O)C(F)F. The lowest BCUT2D eigenvalue weighted by atomic mass is 10.3. The molecule has 0 amide bonds. The van der Waals surface area contributed by atoms with Gasteiger partial charge in [0, 0.05) is 39.0 Å². The summed E-state index contributed by atoms with van der Waals surface area (Å²) in [4.78, 5) is 4.08. The summed E-state index contributed by atoms with van der Waals surface area (Å²) in [6.45, 7) is 0.427. The number of aromatic nitrogens is 2. The predicted molar refractivity (Wildman–Crippen MR) is 51.8 cm³/mol. The first-order chi connectivity index (χ1) is 7.11. The molecule has 0 aliphatic heterocycles. The number of aryl methyl sites for hydroxylation is 1. The van der Waals surface area contributed by atoms with Crippen molar-refractivity contribution in [3.05, 3.63) is 18.2 Å². The molecule has 15 heavy (non-hydrogen) atoms. The Morgan fingerprint density at radius 1 is 1.60 bits per heavy atom. The van der Waals surface area contributed by atoms with Crippen molar-refractivity contribution in [3.63, 3.8) is 0 Å². The monoisotopic (exact) mass is 219 g/mol. The van der Waals surface area contributed by atoms with Crippen LogP contribution in [0.5, 0.6) is 0 Å². The molecular formula is C9H15F2N3O. The maximum absolute atomic E-state index is 11.9. The lowest BCUT2D eigenvalue weighted by Crippen LogP contribution is -2.33. The third kappa shape index (κ3) is 3.93. The van der Waals surface area contributed by atoms with Crippen molar-refractivity contribution in [3.8, 4) is 0 Å². The lowest BCUT2D eigenvalue weighted by Gasteiger charge is -2.10. The zero-order chi connectivity index (χ0) is 11.3. The average molecular weight is 219 g/mol. The topological polar surface area (TPSA) is 50.1 Å². The molecule has 2 N–H and O–H groups in total. The third-order valence-corrected chi connectivity index (χ3v) is 2.09. The zero-order valence-corrected chi connectivity index (χ0v) is 8.53. The van der Waals surface area contributed by atoms with E-state index in [2.05, 4.69) is 10.3 Å². The Bertz CT molecular complexity index is 291. The molecule has 1 unspecified atom stereocenters. The van der Waals surface area contributed by atoms with Crippen molar-refractivity contribution < 1.29 is 13.9 Å². The predicted octanol–water partition coefficient (Wildman–Crippen LogP) is 0.178. The van der Waals surface area contributed by atoms with Gasteiger partial charge >= 0.3 is 0 Å². The Labute approximate surface area is 86.9 Å². The molecule has 0 spiro atoms. The minimum Gasteiger partial charge on any atom is -0.386 e. The molecule has 1 atom stereocenters. The molecule has 0 bridgehead atoms. The van der Waals surface area contributed by atoms with E-state index in [-0.39, 0.29) is 6.54 Å². The molecule has 6 heteroatoms. The summed E-state index contributed by atoms with van der Waals surface area (Å²) in [6.07, 6.45) is -0.122. The van der Waals surface area contributed by atoms with Gasteiger partial charge in [-0.2, -0.15) is 0 Å². The minimum atomic E-state index is -2.69. The Kier molecular flexibility index (Phi) is 4.64. The Morgan fingerprint density at radius 3 is 2.87 bits per heavy atom. The highest BCUT2D eigenvalue weighted by atomic mass is 19.3. The van der Waals surface area contributed by atoms with Crippen LogP contribution in [0.25, 0.3) is 0 Å². The van der Waals surface area contributed by atoms with E-state index in [0.717, 1.165) is 5.82 Å².